The van der Waals surface area contributed by atoms with E-state index < -0.39 is 0 Å². The summed E-state index contributed by atoms with van der Waals surface area (Å²) >= 11 is 0. The van der Waals surface area contributed by atoms with Gasteiger partial charge in [-0.25, -0.2) is 15.0 Å². The van der Waals surface area contributed by atoms with E-state index in [1.807, 2.05) is 18.2 Å². The summed E-state index contributed by atoms with van der Waals surface area (Å²) in [7, 11) is 0. The molecule has 1 aliphatic heterocycles. The molecule has 0 atom stereocenters. The van der Waals surface area contributed by atoms with Gasteiger partial charge in [0, 0.05) is 33.3 Å². The first-order chi connectivity index (χ1) is 25.3. The van der Waals surface area contributed by atoms with Gasteiger partial charge in [-0.3, -0.25) is 0 Å². The predicted molar refractivity (Wildman–Crippen MR) is 210 cm³/mol. The van der Waals surface area contributed by atoms with Crippen LogP contribution in [0, 0.1) is 0 Å². The zero-order chi connectivity index (χ0) is 33.7. The van der Waals surface area contributed by atoms with Crippen LogP contribution in [-0.4, -0.2) is 15.0 Å². The third-order valence-electron chi connectivity index (χ3n) is 9.82. The Morgan fingerprint density at radius 3 is 1.75 bits per heavy atom. The summed E-state index contributed by atoms with van der Waals surface area (Å²) in [6, 6.07) is 64.0. The molecule has 0 saturated carbocycles. The van der Waals surface area contributed by atoms with E-state index in [0.29, 0.717) is 17.5 Å². The van der Waals surface area contributed by atoms with Gasteiger partial charge in [0.2, 0.25) is 0 Å². The van der Waals surface area contributed by atoms with Gasteiger partial charge >= 0.3 is 0 Å². The van der Waals surface area contributed by atoms with Gasteiger partial charge in [0.25, 0.3) is 0 Å². The lowest BCUT2D eigenvalue weighted by molar-refractivity contribution is 1.08. The SMILES string of the molecule is c1ccc(-c2ccc3c(c2)-c2cccc4c(-c5nc(-c6ccccc6)nc(-c6ccc7ccccc7c6)n5)ccc(c24)N3c2ccccc2)cc1. The fraction of sp³-hybridized carbons (Fsp3) is 0. The lowest BCUT2D eigenvalue weighted by atomic mass is 9.87. The summed E-state index contributed by atoms with van der Waals surface area (Å²) < 4.78 is 0. The van der Waals surface area contributed by atoms with E-state index in [1.165, 1.54) is 33.0 Å². The van der Waals surface area contributed by atoms with Crippen LogP contribution in [0.2, 0.25) is 0 Å². The van der Waals surface area contributed by atoms with Crippen LogP contribution >= 0.6 is 0 Å². The molecule has 0 bridgehead atoms. The Balaban J connectivity index is 1.22. The van der Waals surface area contributed by atoms with E-state index in [0.717, 1.165) is 44.5 Å². The number of fused-ring (bicyclic) bond motifs is 3. The van der Waals surface area contributed by atoms with Crippen LogP contribution in [0.15, 0.2) is 182 Å². The lowest BCUT2D eigenvalue weighted by Crippen LogP contribution is -2.15. The van der Waals surface area contributed by atoms with Gasteiger partial charge in [-0.05, 0) is 75.3 Å². The minimum Gasteiger partial charge on any atom is -0.309 e. The Morgan fingerprint density at radius 2 is 0.961 bits per heavy atom. The molecule has 0 saturated heterocycles. The van der Waals surface area contributed by atoms with Gasteiger partial charge in [-0.15, -0.1) is 0 Å². The van der Waals surface area contributed by atoms with Crippen molar-refractivity contribution in [1.29, 1.82) is 0 Å². The van der Waals surface area contributed by atoms with E-state index in [2.05, 4.69) is 169 Å². The number of aromatic nitrogens is 3. The number of hydrogen-bond donors (Lipinski definition) is 0. The largest absolute Gasteiger partial charge is 0.309 e. The van der Waals surface area contributed by atoms with Gasteiger partial charge in [0.1, 0.15) is 0 Å². The summed E-state index contributed by atoms with van der Waals surface area (Å²) in [4.78, 5) is 17.8. The molecule has 8 aromatic carbocycles. The molecule has 0 spiro atoms. The maximum atomic E-state index is 5.20. The Bertz CT molecular complexity index is 2740. The molecule has 0 aliphatic carbocycles. The van der Waals surface area contributed by atoms with Crippen molar-refractivity contribution in [3.63, 3.8) is 0 Å². The van der Waals surface area contributed by atoms with Crippen molar-refractivity contribution >= 4 is 38.6 Å². The molecule has 9 aromatic rings. The van der Waals surface area contributed by atoms with Gasteiger partial charge < -0.3 is 4.90 Å². The summed E-state index contributed by atoms with van der Waals surface area (Å²) in [5.74, 6) is 1.94. The minimum absolute atomic E-state index is 0.644. The molecule has 10 rings (SSSR count). The quantitative estimate of drug-likeness (QED) is 0.186. The molecule has 238 valence electrons. The fourth-order valence-corrected chi connectivity index (χ4v) is 7.41. The normalized spacial score (nSPS) is 11.9. The van der Waals surface area contributed by atoms with Gasteiger partial charge in [0.05, 0.1) is 11.4 Å². The highest BCUT2D eigenvalue weighted by Gasteiger charge is 2.28. The molecule has 2 heterocycles. The first-order valence-corrected chi connectivity index (χ1v) is 17.2. The van der Waals surface area contributed by atoms with Crippen molar-refractivity contribution in [1.82, 2.24) is 15.0 Å². The average Bonchev–Trinajstić information content (AvgIpc) is 3.21. The second-order valence-electron chi connectivity index (χ2n) is 12.9. The number of rotatable bonds is 5. The molecule has 0 fully saturated rings. The fourth-order valence-electron chi connectivity index (χ4n) is 7.41. The van der Waals surface area contributed by atoms with Crippen LogP contribution in [0.1, 0.15) is 0 Å². The third kappa shape index (κ3) is 4.96. The second-order valence-corrected chi connectivity index (χ2v) is 12.9. The van der Waals surface area contributed by atoms with Crippen molar-refractivity contribution in [2.24, 2.45) is 0 Å². The Morgan fingerprint density at radius 1 is 0.333 bits per heavy atom. The standard InChI is InChI=1S/C47H30N4/c1-4-13-31(14-5-1)35-25-27-42-41(30-35)39-22-12-21-38-40(26-28-43(44(38)39)51(42)37-19-8-3-9-20-37)47-49-45(33-16-6-2-7-17-33)48-46(50-47)36-24-23-32-15-10-11-18-34(32)29-36/h1-30H. The van der Waals surface area contributed by atoms with Crippen molar-refractivity contribution in [2.75, 3.05) is 4.90 Å². The maximum absolute atomic E-state index is 5.20. The molecule has 51 heavy (non-hydrogen) atoms. The van der Waals surface area contributed by atoms with Crippen molar-refractivity contribution in [2.45, 2.75) is 0 Å². The van der Waals surface area contributed by atoms with Gasteiger partial charge in [-0.1, -0.05) is 140 Å². The molecule has 0 N–H and O–H groups in total. The monoisotopic (exact) mass is 650 g/mol. The first kappa shape index (κ1) is 29.0. The van der Waals surface area contributed by atoms with Crippen LogP contribution in [0.5, 0.6) is 0 Å². The van der Waals surface area contributed by atoms with Crippen LogP contribution in [0.4, 0.5) is 17.1 Å². The topological polar surface area (TPSA) is 41.9 Å². The second kappa shape index (κ2) is 11.9. The number of para-hydroxylation sites is 1. The number of benzene rings is 8. The molecular formula is C47H30N4. The van der Waals surface area contributed by atoms with Gasteiger partial charge in [-0.2, -0.15) is 0 Å². The van der Waals surface area contributed by atoms with Crippen LogP contribution < -0.4 is 4.90 Å². The van der Waals surface area contributed by atoms with Crippen molar-refractivity contribution in [3.8, 4) is 56.4 Å². The Kier molecular flexibility index (Phi) is 6.78. The van der Waals surface area contributed by atoms with Gasteiger partial charge in [0.15, 0.2) is 17.5 Å². The summed E-state index contributed by atoms with van der Waals surface area (Å²) in [6.45, 7) is 0. The van der Waals surface area contributed by atoms with E-state index in [4.69, 9.17) is 15.0 Å². The first-order valence-electron chi connectivity index (χ1n) is 17.2. The molecule has 0 unspecified atom stereocenters. The van der Waals surface area contributed by atoms with E-state index in [1.54, 1.807) is 0 Å². The highest BCUT2D eigenvalue weighted by Crippen LogP contribution is 2.53. The zero-order valence-corrected chi connectivity index (χ0v) is 27.6. The van der Waals surface area contributed by atoms with Crippen molar-refractivity contribution < 1.29 is 0 Å². The highest BCUT2D eigenvalue weighted by molar-refractivity contribution is 6.17. The number of hydrogen-bond acceptors (Lipinski definition) is 4. The summed E-state index contributed by atoms with van der Waals surface area (Å²) in [6.07, 6.45) is 0. The smallest absolute Gasteiger partial charge is 0.164 e. The summed E-state index contributed by atoms with van der Waals surface area (Å²) in [5.41, 5.74) is 11.0. The number of anilines is 3. The third-order valence-corrected chi connectivity index (χ3v) is 9.82. The summed E-state index contributed by atoms with van der Waals surface area (Å²) in [5, 5.41) is 4.59. The molecule has 1 aromatic heterocycles. The van der Waals surface area contributed by atoms with E-state index in [9.17, 15) is 0 Å². The molecule has 0 amide bonds. The van der Waals surface area contributed by atoms with Crippen molar-refractivity contribution in [3.05, 3.63) is 182 Å². The molecule has 1 aliphatic rings. The van der Waals surface area contributed by atoms with Crippen LogP contribution in [0.25, 0.3) is 78.0 Å². The molecule has 4 heteroatoms. The van der Waals surface area contributed by atoms with E-state index in [-0.39, 0.29) is 0 Å². The molecular weight excluding hydrogens is 621 g/mol. The molecule has 4 nitrogen and oxygen atoms in total. The van der Waals surface area contributed by atoms with Crippen LogP contribution in [0.3, 0.4) is 0 Å². The molecule has 0 radical (unpaired) electrons. The predicted octanol–water partition coefficient (Wildman–Crippen LogP) is 12.3. The highest BCUT2D eigenvalue weighted by atomic mass is 15.2. The number of nitrogens with zero attached hydrogens (tertiary/aromatic N) is 4. The maximum Gasteiger partial charge on any atom is 0.164 e. The Hall–Kier alpha value is -6.91. The van der Waals surface area contributed by atoms with Crippen LogP contribution in [-0.2, 0) is 0 Å². The average molecular weight is 651 g/mol. The van der Waals surface area contributed by atoms with E-state index >= 15 is 0 Å². The lowest BCUT2D eigenvalue weighted by Gasteiger charge is -2.34. The zero-order valence-electron chi connectivity index (χ0n) is 27.6. The minimum atomic E-state index is 0.644. The Labute approximate surface area is 296 Å².